The Kier molecular flexibility index (Phi) is 7.26. The Morgan fingerprint density at radius 3 is 2.56 bits per heavy atom. The Balaban J connectivity index is 1.97. The maximum Gasteiger partial charge on any atom is 0.330 e. The molecule has 0 aliphatic carbocycles. The maximum atomic E-state index is 13.4. The van der Waals surface area contributed by atoms with Crippen LogP contribution in [0.15, 0.2) is 52.3 Å². The molecule has 0 spiro atoms. The van der Waals surface area contributed by atoms with E-state index in [1.165, 1.54) is 16.6 Å². The first-order valence-electron chi connectivity index (χ1n) is 10.3. The van der Waals surface area contributed by atoms with Gasteiger partial charge in [0.25, 0.3) is 11.5 Å². The lowest BCUT2D eigenvalue weighted by molar-refractivity contribution is 0.0975. The van der Waals surface area contributed by atoms with Gasteiger partial charge in [0.15, 0.2) is 5.69 Å². The van der Waals surface area contributed by atoms with E-state index in [1.54, 1.807) is 23.0 Å². The lowest BCUT2D eigenvalue weighted by Gasteiger charge is -2.25. The summed E-state index contributed by atoms with van der Waals surface area (Å²) in [4.78, 5) is 41.9. The van der Waals surface area contributed by atoms with Crippen molar-refractivity contribution in [3.8, 4) is 0 Å². The fourth-order valence-electron chi connectivity index (χ4n) is 3.37. The van der Waals surface area contributed by atoms with E-state index in [-0.39, 0.29) is 30.6 Å². The number of aromatic amines is 1. The number of rotatable bonds is 9. The summed E-state index contributed by atoms with van der Waals surface area (Å²) in [6, 6.07) is 8.88. The molecular formula is C22H28N6O4. The zero-order valence-electron chi connectivity index (χ0n) is 18.4. The minimum Gasteiger partial charge on any atom is -0.383 e. The van der Waals surface area contributed by atoms with E-state index in [9.17, 15) is 14.4 Å². The van der Waals surface area contributed by atoms with Crippen molar-refractivity contribution in [3.63, 3.8) is 0 Å². The summed E-state index contributed by atoms with van der Waals surface area (Å²) in [5.74, 6) is -0.356. The highest BCUT2D eigenvalue weighted by atomic mass is 16.5. The van der Waals surface area contributed by atoms with Gasteiger partial charge in [-0.15, -0.1) is 0 Å². The molecule has 170 valence electrons. The predicted molar refractivity (Wildman–Crippen MR) is 122 cm³/mol. The number of nitrogens with zero attached hydrogens (tertiary/aromatic N) is 4. The van der Waals surface area contributed by atoms with Crippen LogP contribution in [0.3, 0.4) is 0 Å². The van der Waals surface area contributed by atoms with Gasteiger partial charge in [0.2, 0.25) is 0 Å². The molecule has 1 amide bonds. The first-order valence-corrected chi connectivity index (χ1v) is 10.3. The lowest BCUT2D eigenvalue weighted by Crippen LogP contribution is -2.42. The van der Waals surface area contributed by atoms with Crippen LogP contribution in [0, 0.1) is 5.92 Å². The third-order valence-electron chi connectivity index (χ3n) is 4.90. The van der Waals surface area contributed by atoms with Gasteiger partial charge in [-0.05, 0) is 29.7 Å². The maximum absolute atomic E-state index is 13.4. The van der Waals surface area contributed by atoms with Crippen LogP contribution in [0.5, 0.6) is 0 Å². The normalized spacial score (nSPS) is 11.1. The standard InChI is InChI=1S/C22H28N6O4/c1-15(2)13-28-19(23)18(20(29)25-22(28)31)27(11-12-32-3)21(30)17-7-5-16(6-8-17)14-26-10-4-9-24-26/h4-10,15H,11-14,23H2,1-3H3,(H,25,29,31). The molecule has 0 radical (unpaired) electrons. The molecule has 2 aromatic heterocycles. The number of H-pyrrole nitrogens is 1. The fraction of sp³-hybridized carbons (Fsp3) is 0.364. The number of hydrogen-bond donors (Lipinski definition) is 2. The zero-order chi connectivity index (χ0) is 23.3. The van der Waals surface area contributed by atoms with Gasteiger partial charge in [-0.1, -0.05) is 26.0 Å². The molecule has 10 heteroatoms. The van der Waals surface area contributed by atoms with Crippen LogP contribution < -0.4 is 21.9 Å². The molecule has 0 unspecified atom stereocenters. The highest BCUT2D eigenvalue weighted by Gasteiger charge is 2.25. The minimum absolute atomic E-state index is 0.0489. The molecule has 2 heterocycles. The second-order valence-electron chi connectivity index (χ2n) is 7.85. The molecule has 32 heavy (non-hydrogen) atoms. The number of aromatic nitrogens is 4. The fourth-order valence-corrected chi connectivity index (χ4v) is 3.37. The number of methoxy groups -OCH3 is 1. The first kappa shape index (κ1) is 23.0. The second-order valence-corrected chi connectivity index (χ2v) is 7.85. The van der Waals surface area contributed by atoms with Crippen LogP contribution in [0.25, 0.3) is 0 Å². The summed E-state index contributed by atoms with van der Waals surface area (Å²) in [7, 11) is 1.50. The van der Waals surface area contributed by atoms with Crippen LogP contribution in [0.4, 0.5) is 11.5 Å². The molecule has 1 aromatic carbocycles. The quantitative estimate of drug-likeness (QED) is 0.516. The van der Waals surface area contributed by atoms with Gasteiger partial charge >= 0.3 is 5.69 Å². The van der Waals surface area contributed by atoms with E-state index in [2.05, 4.69) is 10.1 Å². The number of carbonyl (C=O) groups excluding carboxylic acids is 1. The van der Waals surface area contributed by atoms with E-state index >= 15 is 0 Å². The van der Waals surface area contributed by atoms with Crippen molar-refractivity contribution in [1.29, 1.82) is 0 Å². The molecule has 3 aromatic rings. The third-order valence-corrected chi connectivity index (χ3v) is 4.90. The Labute approximate surface area is 185 Å². The number of anilines is 2. The number of amides is 1. The van der Waals surface area contributed by atoms with Crippen molar-refractivity contribution in [2.45, 2.75) is 26.9 Å². The van der Waals surface area contributed by atoms with E-state index in [0.717, 1.165) is 5.56 Å². The van der Waals surface area contributed by atoms with Crippen LogP contribution in [0.2, 0.25) is 0 Å². The molecule has 10 nitrogen and oxygen atoms in total. The summed E-state index contributed by atoms with van der Waals surface area (Å²) in [6.45, 7) is 5.01. The molecule has 0 aliphatic rings. The summed E-state index contributed by atoms with van der Waals surface area (Å²) >= 11 is 0. The van der Waals surface area contributed by atoms with Crippen LogP contribution >= 0.6 is 0 Å². The zero-order valence-corrected chi connectivity index (χ0v) is 18.4. The number of nitrogens with two attached hydrogens (primary N) is 1. The van der Waals surface area contributed by atoms with E-state index in [0.29, 0.717) is 18.7 Å². The van der Waals surface area contributed by atoms with Gasteiger partial charge < -0.3 is 10.5 Å². The molecule has 0 saturated heterocycles. The van der Waals surface area contributed by atoms with Crippen LogP contribution in [-0.2, 0) is 17.8 Å². The molecule has 0 atom stereocenters. The highest BCUT2D eigenvalue weighted by molar-refractivity contribution is 6.07. The molecule has 0 aliphatic heterocycles. The smallest absolute Gasteiger partial charge is 0.330 e. The first-order chi connectivity index (χ1) is 15.3. The van der Waals surface area contributed by atoms with Gasteiger partial charge in [-0.3, -0.25) is 28.7 Å². The molecule has 0 saturated carbocycles. The van der Waals surface area contributed by atoms with Crippen molar-refractivity contribution in [2.24, 2.45) is 5.92 Å². The number of nitrogens with one attached hydrogen (secondary N) is 1. The largest absolute Gasteiger partial charge is 0.383 e. The number of ether oxygens (including phenoxy) is 1. The third kappa shape index (κ3) is 5.14. The second kappa shape index (κ2) is 10.1. The van der Waals surface area contributed by atoms with Crippen molar-refractivity contribution >= 4 is 17.4 Å². The molecule has 0 bridgehead atoms. The number of benzene rings is 1. The predicted octanol–water partition coefficient (Wildman–Crippen LogP) is 1.31. The highest BCUT2D eigenvalue weighted by Crippen LogP contribution is 2.20. The van der Waals surface area contributed by atoms with Gasteiger partial charge in [0.1, 0.15) is 5.82 Å². The van der Waals surface area contributed by atoms with Crippen molar-refractivity contribution in [1.82, 2.24) is 19.3 Å². The van der Waals surface area contributed by atoms with Gasteiger partial charge in [-0.25, -0.2) is 4.79 Å². The average molecular weight is 441 g/mol. The van der Waals surface area contributed by atoms with Gasteiger partial charge in [-0.2, -0.15) is 5.10 Å². The number of carbonyl (C=O) groups is 1. The summed E-state index contributed by atoms with van der Waals surface area (Å²) in [5, 5.41) is 4.17. The Morgan fingerprint density at radius 2 is 1.97 bits per heavy atom. The van der Waals surface area contributed by atoms with E-state index in [4.69, 9.17) is 10.5 Å². The minimum atomic E-state index is -0.715. The number of nitrogen functional groups attached to an aromatic ring is 1. The van der Waals surface area contributed by atoms with Crippen molar-refractivity contribution < 1.29 is 9.53 Å². The number of hydrogen-bond acceptors (Lipinski definition) is 6. The lowest BCUT2D eigenvalue weighted by atomic mass is 10.1. The monoisotopic (exact) mass is 440 g/mol. The Morgan fingerprint density at radius 1 is 1.25 bits per heavy atom. The van der Waals surface area contributed by atoms with Gasteiger partial charge in [0, 0.05) is 38.2 Å². The average Bonchev–Trinajstić information content (AvgIpc) is 3.26. The van der Waals surface area contributed by atoms with E-state index in [1.807, 2.05) is 38.2 Å². The molecular weight excluding hydrogens is 412 g/mol. The topological polar surface area (TPSA) is 128 Å². The van der Waals surface area contributed by atoms with Crippen molar-refractivity contribution in [3.05, 3.63) is 74.7 Å². The van der Waals surface area contributed by atoms with Crippen LogP contribution in [-0.4, -0.2) is 45.5 Å². The van der Waals surface area contributed by atoms with Gasteiger partial charge in [0.05, 0.1) is 13.2 Å². The van der Waals surface area contributed by atoms with E-state index < -0.39 is 17.2 Å². The summed E-state index contributed by atoms with van der Waals surface area (Å²) in [6.07, 6.45) is 3.55. The Hall–Kier alpha value is -3.66. The molecule has 0 fully saturated rings. The molecule has 3 N–H and O–H groups in total. The van der Waals surface area contributed by atoms with Crippen molar-refractivity contribution in [2.75, 3.05) is 30.9 Å². The summed E-state index contributed by atoms with van der Waals surface area (Å²) < 4.78 is 8.19. The molecule has 3 rings (SSSR count). The summed E-state index contributed by atoms with van der Waals surface area (Å²) in [5.41, 5.74) is 6.19. The Bertz CT molecular complexity index is 1160. The SMILES string of the molecule is COCCN(C(=O)c1ccc(Cn2cccn2)cc1)c1c(N)n(CC(C)C)c(=O)[nH]c1=O. The van der Waals surface area contributed by atoms with Crippen LogP contribution in [0.1, 0.15) is 29.8 Å².